The minimum absolute atomic E-state index is 0.0143. The molecular weight excluding hydrogens is 190 g/mol. The lowest BCUT2D eigenvalue weighted by Gasteiger charge is -2.17. The van der Waals surface area contributed by atoms with Gasteiger partial charge in [0.25, 0.3) is 0 Å². The largest absolute Gasteiger partial charge is 0.369 e. The number of rotatable bonds is 7. The van der Waals surface area contributed by atoms with E-state index in [4.69, 9.17) is 4.74 Å². The van der Waals surface area contributed by atoms with E-state index in [9.17, 15) is 4.79 Å². The zero-order chi connectivity index (χ0) is 11.8. The minimum atomic E-state index is -0.0143. The van der Waals surface area contributed by atoms with E-state index in [1.165, 1.54) is 0 Å². The highest BCUT2D eigenvalue weighted by Gasteiger charge is 2.10. The van der Waals surface area contributed by atoms with Crippen LogP contribution >= 0.6 is 0 Å². The van der Waals surface area contributed by atoms with Crippen molar-refractivity contribution in [2.75, 3.05) is 6.61 Å². The molecule has 0 aliphatic carbocycles. The Morgan fingerprint density at radius 1 is 1.27 bits per heavy atom. The van der Waals surface area contributed by atoms with Crippen molar-refractivity contribution in [3.05, 3.63) is 0 Å². The summed E-state index contributed by atoms with van der Waals surface area (Å²) >= 11 is 0. The van der Waals surface area contributed by atoms with Crippen molar-refractivity contribution in [2.45, 2.75) is 59.6 Å². The summed E-state index contributed by atoms with van der Waals surface area (Å²) in [4.78, 5) is 11.4. The second-order valence-corrected chi connectivity index (χ2v) is 4.58. The van der Waals surface area contributed by atoms with Crippen LogP contribution in [-0.4, -0.2) is 24.7 Å². The third-order valence-electron chi connectivity index (χ3n) is 2.41. The van der Waals surface area contributed by atoms with E-state index in [0.29, 0.717) is 5.92 Å². The lowest BCUT2D eigenvalue weighted by molar-refractivity contribution is -0.127. The van der Waals surface area contributed by atoms with Crippen molar-refractivity contribution < 1.29 is 9.53 Å². The highest BCUT2D eigenvalue weighted by Crippen LogP contribution is 2.09. The van der Waals surface area contributed by atoms with Gasteiger partial charge in [-0.2, -0.15) is 0 Å². The third kappa shape index (κ3) is 8.43. The summed E-state index contributed by atoms with van der Waals surface area (Å²) in [5.74, 6) is 0.644. The molecule has 3 heteroatoms. The second-order valence-electron chi connectivity index (χ2n) is 4.58. The summed E-state index contributed by atoms with van der Waals surface area (Å²) in [6, 6.07) is 0.239. The molecule has 90 valence electrons. The van der Waals surface area contributed by atoms with Crippen molar-refractivity contribution in [1.29, 1.82) is 0 Å². The van der Waals surface area contributed by atoms with Gasteiger partial charge in [-0.15, -0.1) is 0 Å². The number of hydrogen-bond donors (Lipinski definition) is 1. The molecule has 0 rings (SSSR count). The fourth-order valence-electron chi connectivity index (χ4n) is 1.39. The molecule has 0 aromatic rings. The van der Waals surface area contributed by atoms with Crippen LogP contribution in [0.15, 0.2) is 0 Å². The van der Waals surface area contributed by atoms with E-state index in [1.807, 2.05) is 20.8 Å². The lowest BCUT2D eigenvalue weighted by Crippen LogP contribution is -2.36. The molecule has 0 bridgehead atoms. The number of hydrogen-bond acceptors (Lipinski definition) is 2. The molecular formula is C12H25NO2. The van der Waals surface area contributed by atoms with Gasteiger partial charge in [-0.25, -0.2) is 0 Å². The highest BCUT2D eigenvalue weighted by molar-refractivity contribution is 5.77. The van der Waals surface area contributed by atoms with Crippen molar-refractivity contribution in [3.8, 4) is 0 Å². The highest BCUT2D eigenvalue weighted by atomic mass is 16.5. The molecule has 0 aliphatic heterocycles. The smallest absolute Gasteiger partial charge is 0.246 e. The molecule has 1 amide bonds. The topological polar surface area (TPSA) is 38.3 Å². The Kier molecular flexibility index (Phi) is 7.39. The van der Waals surface area contributed by atoms with Crippen molar-refractivity contribution in [1.82, 2.24) is 5.32 Å². The predicted molar refractivity (Wildman–Crippen MR) is 62.8 cm³/mol. The lowest BCUT2D eigenvalue weighted by atomic mass is 10.0. The molecule has 0 spiro atoms. The molecule has 2 atom stereocenters. The first-order valence-corrected chi connectivity index (χ1v) is 5.86. The van der Waals surface area contributed by atoms with E-state index in [-0.39, 0.29) is 24.7 Å². The molecule has 2 unspecified atom stereocenters. The van der Waals surface area contributed by atoms with Gasteiger partial charge in [0.2, 0.25) is 5.91 Å². The molecule has 0 fully saturated rings. The monoisotopic (exact) mass is 215 g/mol. The second kappa shape index (κ2) is 7.69. The minimum Gasteiger partial charge on any atom is -0.369 e. The van der Waals surface area contributed by atoms with Crippen molar-refractivity contribution >= 4 is 5.91 Å². The van der Waals surface area contributed by atoms with Gasteiger partial charge in [0, 0.05) is 6.04 Å². The predicted octanol–water partition coefficient (Wildman–Crippen LogP) is 2.35. The summed E-state index contributed by atoms with van der Waals surface area (Å²) in [5.41, 5.74) is 0. The van der Waals surface area contributed by atoms with Gasteiger partial charge in [0.05, 0.1) is 6.10 Å². The zero-order valence-corrected chi connectivity index (χ0v) is 10.7. The number of carbonyl (C=O) groups excluding carboxylic acids is 1. The van der Waals surface area contributed by atoms with E-state index in [0.717, 1.165) is 12.8 Å². The van der Waals surface area contributed by atoms with Crippen LogP contribution in [0.2, 0.25) is 0 Å². The number of nitrogens with one attached hydrogen (secondary N) is 1. The molecule has 15 heavy (non-hydrogen) atoms. The van der Waals surface area contributed by atoms with E-state index >= 15 is 0 Å². The molecule has 0 saturated carbocycles. The fourth-order valence-corrected chi connectivity index (χ4v) is 1.39. The van der Waals surface area contributed by atoms with Gasteiger partial charge in [0.1, 0.15) is 6.61 Å². The molecule has 1 N–H and O–H groups in total. The van der Waals surface area contributed by atoms with Crippen LogP contribution < -0.4 is 5.32 Å². The summed E-state index contributed by atoms with van der Waals surface area (Å²) in [6.45, 7) is 10.4. The molecule has 0 aliphatic rings. The van der Waals surface area contributed by atoms with E-state index in [2.05, 4.69) is 19.2 Å². The van der Waals surface area contributed by atoms with Gasteiger partial charge >= 0.3 is 0 Å². The molecule has 3 nitrogen and oxygen atoms in total. The van der Waals surface area contributed by atoms with Crippen molar-refractivity contribution in [3.63, 3.8) is 0 Å². The Balaban J connectivity index is 3.66. The Bertz CT molecular complexity index is 180. The van der Waals surface area contributed by atoms with Gasteiger partial charge in [-0.05, 0) is 33.1 Å². The van der Waals surface area contributed by atoms with Crippen LogP contribution in [0, 0.1) is 5.92 Å². The fraction of sp³-hybridized carbons (Fsp3) is 0.917. The molecule has 0 aromatic heterocycles. The maximum atomic E-state index is 11.4. The summed E-state index contributed by atoms with van der Waals surface area (Å²) in [6.07, 6.45) is 2.30. The maximum Gasteiger partial charge on any atom is 0.246 e. The Morgan fingerprint density at radius 2 is 1.87 bits per heavy atom. The quantitative estimate of drug-likeness (QED) is 0.708. The standard InChI is InChI=1S/C12H25NO2/c1-6-10(4)7-11(5)13-12(14)8-15-9(2)3/h9-11H,6-8H2,1-5H3,(H,13,14). The number of amides is 1. The van der Waals surface area contributed by atoms with Gasteiger partial charge in [-0.1, -0.05) is 20.3 Å². The normalized spacial score (nSPS) is 15.1. The number of carbonyl (C=O) groups is 1. The van der Waals surface area contributed by atoms with Crippen LogP contribution in [0.3, 0.4) is 0 Å². The Morgan fingerprint density at radius 3 is 2.33 bits per heavy atom. The molecule has 0 saturated heterocycles. The number of ether oxygens (including phenoxy) is 1. The van der Waals surface area contributed by atoms with Crippen LogP contribution in [0.1, 0.15) is 47.5 Å². The average Bonchev–Trinajstić information content (AvgIpc) is 2.14. The van der Waals surface area contributed by atoms with Gasteiger partial charge in [-0.3, -0.25) is 4.79 Å². The molecule has 0 aromatic carbocycles. The van der Waals surface area contributed by atoms with Crippen LogP contribution in [0.4, 0.5) is 0 Å². The molecule has 0 heterocycles. The first kappa shape index (κ1) is 14.4. The Hall–Kier alpha value is -0.570. The average molecular weight is 215 g/mol. The SMILES string of the molecule is CCC(C)CC(C)NC(=O)COC(C)C. The van der Waals surface area contributed by atoms with Crippen molar-refractivity contribution in [2.24, 2.45) is 5.92 Å². The first-order valence-electron chi connectivity index (χ1n) is 5.86. The van der Waals surface area contributed by atoms with Gasteiger partial charge in [0.15, 0.2) is 0 Å². The van der Waals surface area contributed by atoms with Gasteiger partial charge < -0.3 is 10.1 Å². The van der Waals surface area contributed by atoms with Crippen LogP contribution in [0.25, 0.3) is 0 Å². The summed E-state index contributed by atoms with van der Waals surface area (Å²) in [7, 11) is 0. The third-order valence-corrected chi connectivity index (χ3v) is 2.41. The summed E-state index contributed by atoms with van der Waals surface area (Å²) < 4.78 is 5.22. The molecule has 0 radical (unpaired) electrons. The zero-order valence-electron chi connectivity index (χ0n) is 10.7. The Labute approximate surface area is 93.6 Å². The maximum absolute atomic E-state index is 11.4. The van der Waals surface area contributed by atoms with Crippen LogP contribution in [0.5, 0.6) is 0 Å². The van der Waals surface area contributed by atoms with E-state index < -0.39 is 0 Å². The van der Waals surface area contributed by atoms with E-state index in [1.54, 1.807) is 0 Å². The first-order chi connectivity index (χ1) is 6.95. The van der Waals surface area contributed by atoms with Crippen LogP contribution in [-0.2, 0) is 9.53 Å². The summed E-state index contributed by atoms with van der Waals surface area (Å²) in [5, 5.41) is 2.94.